The molecule has 182 valence electrons. The number of phosphoric acid groups is 1. The number of aryl methyl sites for hydroxylation is 1. The molecule has 0 unspecified atom stereocenters. The van der Waals surface area contributed by atoms with Gasteiger partial charge in [0, 0.05) is 17.4 Å². The van der Waals surface area contributed by atoms with Crippen LogP contribution in [0.15, 0.2) is 41.4 Å². The molecule has 0 aliphatic carbocycles. The van der Waals surface area contributed by atoms with Crippen LogP contribution in [0.2, 0.25) is 0 Å². The summed E-state index contributed by atoms with van der Waals surface area (Å²) in [6, 6.07) is 9.94. The van der Waals surface area contributed by atoms with Crippen molar-refractivity contribution >= 4 is 41.7 Å². The molecule has 0 fully saturated rings. The summed E-state index contributed by atoms with van der Waals surface area (Å²) in [6.07, 6.45) is 3.98. The number of anilines is 1. The number of pyridine rings is 1. The summed E-state index contributed by atoms with van der Waals surface area (Å²) < 4.78 is 17.9. The molecule has 0 amide bonds. The highest BCUT2D eigenvalue weighted by atomic mass is 31.2. The molecular formula is C23H24N5O6P. The molecule has 12 heteroatoms. The number of unbranched alkanes of at least 4 members (excludes halogenated alkanes) is 1. The average Bonchev–Trinajstić information content (AvgIpc) is 3.17. The van der Waals surface area contributed by atoms with Crippen LogP contribution < -0.4 is 10.3 Å². The monoisotopic (exact) mass is 497 g/mol. The van der Waals surface area contributed by atoms with E-state index in [1.165, 1.54) is 12.1 Å². The van der Waals surface area contributed by atoms with Gasteiger partial charge in [0.1, 0.15) is 11.3 Å². The van der Waals surface area contributed by atoms with Crippen LogP contribution in [0.25, 0.3) is 21.9 Å². The Labute approximate surface area is 200 Å². The number of nitrogen functional groups attached to an aromatic ring is 1. The highest BCUT2D eigenvalue weighted by Gasteiger charge is 2.22. The van der Waals surface area contributed by atoms with Crippen LogP contribution in [-0.4, -0.2) is 35.5 Å². The number of hydrogen-bond donors (Lipinski definition) is 4. The Morgan fingerprint density at radius 1 is 1.23 bits per heavy atom. The molecule has 0 saturated carbocycles. The Hall–Kier alpha value is -3.75. The van der Waals surface area contributed by atoms with Crippen molar-refractivity contribution in [3.05, 3.63) is 53.3 Å². The number of phenols is 1. The van der Waals surface area contributed by atoms with E-state index in [1.807, 2.05) is 16.7 Å². The third-order valence-electron chi connectivity index (χ3n) is 5.56. The smallest absolute Gasteiger partial charge is 0.504 e. The van der Waals surface area contributed by atoms with Crippen LogP contribution in [0.4, 0.5) is 5.82 Å². The summed E-state index contributed by atoms with van der Waals surface area (Å²) in [4.78, 5) is 41.7. The number of aliphatic imine (C=N–C) groups is 1. The number of benzene rings is 2. The first-order valence-electron chi connectivity index (χ1n) is 10.9. The fourth-order valence-electron chi connectivity index (χ4n) is 3.99. The van der Waals surface area contributed by atoms with Gasteiger partial charge in [0.15, 0.2) is 17.3 Å². The highest BCUT2D eigenvalue weighted by molar-refractivity contribution is 7.46. The van der Waals surface area contributed by atoms with E-state index in [-0.39, 0.29) is 30.4 Å². The molecule has 0 aliphatic heterocycles. The van der Waals surface area contributed by atoms with Crippen LogP contribution in [0.1, 0.15) is 36.7 Å². The Morgan fingerprint density at radius 2 is 2.03 bits per heavy atom. The molecule has 2 heterocycles. The molecule has 2 aromatic heterocycles. The third-order valence-corrected chi connectivity index (χ3v) is 5.99. The predicted molar refractivity (Wildman–Crippen MR) is 130 cm³/mol. The van der Waals surface area contributed by atoms with Gasteiger partial charge >= 0.3 is 7.82 Å². The summed E-state index contributed by atoms with van der Waals surface area (Å²) in [5.41, 5.74) is 9.25. The molecule has 5 N–H and O–H groups in total. The quantitative estimate of drug-likeness (QED) is 0.153. The van der Waals surface area contributed by atoms with Gasteiger partial charge in [-0.25, -0.2) is 24.3 Å². The van der Waals surface area contributed by atoms with Crippen molar-refractivity contribution in [1.82, 2.24) is 14.5 Å². The van der Waals surface area contributed by atoms with Crippen molar-refractivity contribution in [3.8, 4) is 11.5 Å². The minimum absolute atomic E-state index is 0.148. The third kappa shape index (κ3) is 5.18. The number of carbonyl (C=O) groups excluding carboxylic acids is 1. The largest absolute Gasteiger partial charge is 0.524 e. The first-order valence-corrected chi connectivity index (χ1v) is 12.4. The number of aromatic nitrogens is 3. The summed E-state index contributed by atoms with van der Waals surface area (Å²) in [5, 5.41) is 11.5. The Kier molecular flexibility index (Phi) is 6.86. The number of aromatic hydroxyl groups is 1. The number of rotatable bonds is 9. The van der Waals surface area contributed by atoms with Crippen molar-refractivity contribution in [2.75, 3.05) is 5.73 Å². The number of isocyanates is 1. The lowest BCUT2D eigenvalue weighted by molar-refractivity contribution is 0.277. The molecule has 0 atom stereocenters. The van der Waals surface area contributed by atoms with E-state index in [0.29, 0.717) is 28.5 Å². The number of phosphoric ester groups is 1. The lowest BCUT2D eigenvalue weighted by atomic mass is 10.1. The van der Waals surface area contributed by atoms with E-state index < -0.39 is 7.82 Å². The van der Waals surface area contributed by atoms with Crippen molar-refractivity contribution < 1.29 is 28.8 Å². The number of hydrogen-bond acceptors (Lipinski definition) is 8. The molecule has 0 bridgehead atoms. The lowest BCUT2D eigenvalue weighted by Gasteiger charge is -2.15. The highest BCUT2D eigenvalue weighted by Crippen LogP contribution is 2.43. The summed E-state index contributed by atoms with van der Waals surface area (Å²) in [7, 11) is -4.86. The maximum absolute atomic E-state index is 11.3. The van der Waals surface area contributed by atoms with Gasteiger partial charge in [-0.2, -0.15) is 0 Å². The lowest BCUT2D eigenvalue weighted by Crippen LogP contribution is -2.07. The number of fused-ring (bicyclic) bond motifs is 3. The minimum atomic E-state index is -4.86. The summed E-state index contributed by atoms with van der Waals surface area (Å²) >= 11 is 0. The Balaban J connectivity index is 1.90. The standard InChI is InChI=1S/C23H24N5O6P/c1-2-3-7-19-27-20-21(16-9-8-14(11-25-13-29)10-17(16)26-23(20)24)28(19)12-15-5-4-6-18(22(15)30)34-35(31,32)33/h4-6,8-10,30H,2-3,7,11-12H2,1H3,(H2,24,26)(H2,31,32,33). The number of nitrogens with two attached hydrogens (primary N) is 1. The fourth-order valence-corrected chi connectivity index (χ4v) is 4.39. The topological polar surface area (TPSA) is 173 Å². The predicted octanol–water partition coefficient (Wildman–Crippen LogP) is 3.57. The van der Waals surface area contributed by atoms with Crippen LogP contribution in [0.3, 0.4) is 0 Å². The van der Waals surface area contributed by atoms with Crippen LogP contribution in [-0.2, 0) is 28.9 Å². The number of para-hydroxylation sites is 1. The second-order valence-electron chi connectivity index (χ2n) is 8.02. The van der Waals surface area contributed by atoms with E-state index >= 15 is 0 Å². The fraction of sp³-hybridized carbons (Fsp3) is 0.261. The normalized spacial score (nSPS) is 11.6. The molecule has 2 aromatic carbocycles. The van der Waals surface area contributed by atoms with Gasteiger partial charge in [0.25, 0.3) is 0 Å². The molecule has 0 saturated heterocycles. The van der Waals surface area contributed by atoms with Crippen LogP contribution >= 0.6 is 7.82 Å². The van der Waals surface area contributed by atoms with Crippen molar-refractivity contribution in [3.63, 3.8) is 0 Å². The zero-order valence-electron chi connectivity index (χ0n) is 18.9. The second-order valence-corrected chi connectivity index (χ2v) is 9.18. The Morgan fingerprint density at radius 3 is 2.74 bits per heavy atom. The Bertz CT molecular complexity index is 1510. The van der Waals surface area contributed by atoms with Crippen molar-refractivity contribution in [2.45, 2.75) is 39.3 Å². The van der Waals surface area contributed by atoms with Gasteiger partial charge in [-0.05, 0) is 24.1 Å². The number of imidazole rings is 1. The molecular weight excluding hydrogens is 473 g/mol. The van der Waals surface area contributed by atoms with E-state index in [9.17, 15) is 14.5 Å². The van der Waals surface area contributed by atoms with Crippen molar-refractivity contribution in [1.29, 1.82) is 0 Å². The molecule has 0 spiro atoms. The second kappa shape index (κ2) is 9.85. The van der Waals surface area contributed by atoms with Crippen molar-refractivity contribution in [2.24, 2.45) is 4.99 Å². The zero-order valence-corrected chi connectivity index (χ0v) is 19.8. The first-order chi connectivity index (χ1) is 16.7. The zero-order chi connectivity index (χ0) is 25.2. The van der Waals surface area contributed by atoms with Gasteiger partial charge in [0.2, 0.25) is 6.08 Å². The molecule has 35 heavy (non-hydrogen) atoms. The van der Waals surface area contributed by atoms with Gasteiger partial charge in [-0.15, -0.1) is 0 Å². The summed E-state index contributed by atoms with van der Waals surface area (Å²) in [6.45, 7) is 2.38. The van der Waals surface area contributed by atoms with E-state index in [2.05, 4.69) is 21.4 Å². The number of nitrogens with zero attached hydrogens (tertiary/aromatic N) is 4. The first kappa shape index (κ1) is 24.4. The maximum atomic E-state index is 11.3. The van der Waals surface area contributed by atoms with Crippen LogP contribution in [0, 0.1) is 0 Å². The molecule has 11 nitrogen and oxygen atoms in total. The summed E-state index contributed by atoms with van der Waals surface area (Å²) in [5.74, 6) is 0.280. The van der Waals surface area contributed by atoms with Gasteiger partial charge in [0.05, 0.1) is 24.1 Å². The molecule has 0 aliphatic rings. The average molecular weight is 497 g/mol. The molecule has 4 rings (SSSR count). The number of phenolic OH excluding ortho intramolecular Hbond substituents is 1. The van der Waals surface area contributed by atoms with E-state index in [4.69, 9.17) is 20.5 Å². The maximum Gasteiger partial charge on any atom is 0.524 e. The SMILES string of the molecule is CCCCc1nc2c(N)nc3cc(CN=C=O)ccc3c2n1Cc1cccc(OP(=O)(O)O)c1O. The van der Waals surface area contributed by atoms with Crippen LogP contribution in [0.5, 0.6) is 11.5 Å². The van der Waals surface area contributed by atoms with Gasteiger partial charge in [-0.3, -0.25) is 9.79 Å². The van der Waals surface area contributed by atoms with E-state index in [1.54, 1.807) is 18.2 Å². The minimum Gasteiger partial charge on any atom is -0.504 e. The van der Waals surface area contributed by atoms with Gasteiger partial charge < -0.3 is 19.9 Å². The molecule has 4 aromatic rings. The van der Waals surface area contributed by atoms with Gasteiger partial charge in [-0.1, -0.05) is 37.6 Å². The van der Waals surface area contributed by atoms with E-state index in [0.717, 1.165) is 29.6 Å². The molecule has 0 radical (unpaired) electrons.